The minimum atomic E-state index is 0.604. The molecule has 1 aromatic rings. The average Bonchev–Trinajstić information content (AvgIpc) is 2.53. The Hall–Kier alpha value is -2.30. The van der Waals surface area contributed by atoms with Gasteiger partial charge in [-0.3, -0.25) is 0 Å². The van der Waals surface area contributed by atoms with E-state index in [2.05, 4.69) is 24.7 Å². The Morgan fingerprint density at radius 3 is 1.95 bits per heavy atom. The van der Waals surface area contributed by atoms with Crippen molar-refractivity contribution in [2.45, 2.75) is 45.4 Å². The number of ether oxygens (including phenoxy) is 1. The van der Waals surface area contributed by atoms with Crippen molar-refractivity contribution >= 4 is 0 Å². The van der Waals surface area contributed by atoms with Crippen LogP contribution in [0.1, 0.15) is 62.1 Å². The van der Waals surface area contributed by atoms with Gasteiger partial charge in [0, 0.05) is 5.56 Å². The molecule has 0 N–H and O–H groups in total. The first-order chi connectivity index (χ1) is 10.3. The highest BCUT2D eigenvalue weighted by atomic mass is 16.5. The molecule has 0 amide bonds. The summed E-state index contributed by atoms with van der Waals surface area (Å²) in [6.45, 7) is 2.84. The molecular weight excluding hydrogens is 256 g/mol. The molecule has 0 saturated carbocycles. The molecule has 1 aromatic carbocycles. The summed E-state index contributed by atoms with van der Waals surface area (Å²) in [5.74, 6) is 8.35. The zero-order chi connectivity index (χ0) is 15.5. The van der Waals surface area contributed by atoms with Crippen molar-refractivity contribution in [2.75, 3.05) is 6.61 Å². The number of terminal acetylenes is 3. The first kappa shape index (κ1) is 16.8. The second-order valence-corrected chi connectivity index (χ2v) is 4.95. The third-order valence-corrected chi connectivity index (χ3v) is 3.31. The third-order valence-electron chi connectivity index (χ3n) is 3.31. The van der Waals surface area contributed by atoms with Crippen molar-refractivity contribution in [2.24, 2.45) is 0 Å². The topological polar surface area (TPSA) is 9.23 Å². The smallest absolute Gasteiger partial charge is 0.150 e. The lowest BCUT2D eigenvalue weighted by atomic mass is 10.0. The highest BCUT2D eigenvalue weighted by Crippen LogP contribution is 2.25. The van der Waals surface area contributed by atoms with E-state index in [9.17, 15) is 0 Å². The summed E-state index contributed by atoms with van der Waals surface area (Å²) in [6.07, 6.45) is 23.7. The molecule has 1 rings (SSSR count). The lowest BCUT2D eigenvalue weighted by molar-refractivity contribution is 0.303. The van der Waals surface area contributed by atoms with Crippen LogP contribution in [0.15, 0.2) is 12.1 Å². The number of hydrogen-bond acceptors (Lipinski definition) is 1. The van der Waals surface area contributed by atoms with Crippen molar-refractivity contribution in [3.8, 4) is 42.8 Å². The molecule has 21 heavy (non-hydrogen) atoms. The summed E-state index contributed by atoms with van der Waals surface area (Å²) in [7, 11) is 0. The molecule has 108 valence electrons. The van der Waals surface area contributed by atoms with Crippen LogP contribution in [0.4, 0.5) is 0 Å². The summed E-state index contributed by atoms with van der Waals surface area (Å²) in [4.78, 5) is 0. The zero-order valence-electron chi connectivity index (χ0n) is 12.7. The Morgan fingerprint density at radius 2 is 1.43 bits per heavy atom. The van der Waals surface area contributed by atoms with E-state index in [-0.39, 0.29) is 0 Å². The monoisotopic (exact) mass is 278 g/mol. The molecule has 0 aliphatic heterocycles. The van der Waals surface area contributed by atoms with Crippen molar-refractivity contribution in [3.63, 3.8) is 0 Å². The maximum Gasteiger partial charge on any atom is 0.150 e. The van der Waals surface area contributed by atoms with Gasteiger partial charge in [0.2, 0.25) is 0 Å². The van der Waals surface area contributed by atoms with Crippen LogP contribution in [-0.4, -0.2) is 6.61 Å². The van der Waals surface area contributed by atoms with E-state index in [1.165, 1.54) is 32.1 Å². The van der Waals surface area contributed by atoms with E-state index in [1.807, 2.05) is 0 Å². The number of rotatable bonds is 8. The van der Waals surface area contributed by atoms with Gasteiger partial charge in [0.1, 0.15) is 0 Å². The van der Waals surface area contributed by atoms with Gasteiger partial charge in [-0.1, -0.05) is 56.8 Å². The fourth-order valence-electron chi connectivity index (χ4n) is 2.14. The van der Waals surface area contributed by atoms with Crippen molar-refractivity contribution in [1.29, 1.82) is 0 Å². The fourth-order valence-corrected chi connectivity index (χ4v) is 2.14. The summed E-state index contributed by atoms with van der Waals surface area (Å²) < 4.78 is 5.80. The van der Waals surface area contributed by atoms with Gasteiger partial charge in [0.25, 0.3) is 0 Å². The predicted molar refractivity (Wildman–Crippen MR) is 89.1 cm³/mol. The molecule has 1 heteroatoms. The average molecular weight is 278 g/mol. The standard InChI is InChI=1S/C20H22O/c1-5-9-10-11-12-13-14-21-20-18(7-3)15-17(6-2)16-19(20)8-4/h2-4,15-16H,5,9-14H2,1H3. The molecule has 0 radical (unpaired) electrons. The van der Waals surface area contributed by atoms with E-state index in [0.29, 0.717) is 29.0 Å². The Morgan fingerprint density at radius 1 is 0.857 bits per heavy atom. The van der Waals surface area contributed by atoms with Gasteiger partial charge in [-0.15, -0.1) is 19.3 Å². The summed E-state index contributed by atoms with van der Waals surface area (Å²) in [5.41, 5.74) is 1.94. The molecule has 0 spiro atoms. The van der Waals surface area contributed by atoms with Crippen molar-refractivity contribution < 1.29 is 4.74 Å². The molecule has 0 aliphatic carbocycles. The highest BCUT2D eigenvalue weighted by Gasteiger charge is 2.09. The fraction of sp³-hybridized carbons (Fsp3) is 0.400. The van der Waals surface area contributed by atoms with Gasteiger partial charge in [0.05, 0.1) is 17.7 Å². The van der Waals surface area contributed by atoms with Gasteiger partial charge < -0.3 is 4.74 Å². The van der Waals surface area contributed by atoms with Gasteiger partial charge in [-0.2, -0.15) is 0 Å². The van der Waals surface area contributed by atoms with E-state index in [0.717, 1.165) is 6.42 Å². The Balaban J connectivity index is 2.61. The normalized spacial score (nSPS) is 9.43. The molecule has 0 atom stereocenters. The van der Waals surface area contributed by atoms with Crippen LogP contribution in [0.3, 0.4) is 0 Å². The Bertz CT molecular complexity index is 540. The lowest BCUT2D eigenvalue weighted by Crippen LogP contribution is -2.02. The summed E-state index contributed by atoms with van der Waals surface area (Å²) in [6, 6.07) is 3.52. The zero-order valence-corrected chi connectivity index (χ0v) is 12.7. The maximum absolute atomic E-state index is 5.80. The van der Waals surface area contributed by atoms with Crippen LogP contribution in [0.5, 0.6) is 5.75 Å². The van der Waals surface area contributed by atoms with E-state index >= 15 is 0 Å². The van der Waals surface area contributed by atoms with Gasteiger partial charge in [0.15, 0.2) is 5.75 Å². The van der Waals surface area contributed by atoms with Gasteiger partial charge >= 0.3 is 0 Å². The van der Waals surface area contributed by atoms with Crippen LogP contribution in [0, 0.1) is 37.0 Å². The highest BCUT2D eigenvalue weighted by molar-refractivity contribution is 5.60. The molecule has 0 aromatic heterocycles. The van der Waals surface area contributed by atoms with Gasteiger partial charge in [-0.05, 0) is 18.6 Å². The van der Waals surface area contributed by atoms with Crippen LogP contribution < -0.4 is 4.74 Å². The third kappa shape index (κ3) is 5.30. The summed E-state index contributed by atoms with van der Waals surface area (Å²) in [5, 5.41) is 0. The molecule has 0 fully saturated rings. The van der Waals surface area contributed by atoms with E-state index in [1.54, 1.807) is 12.1 Å². The predicted octanol–water partition coefficient (Wildman–Crippen LogP) is 4.37. The van der Waals surface area contributed by atoms with E-state index < -0.39 is 0 Å². The first-order valence-electron chi connectivity index (χ1n) is 7.47. The first-order valence-corrected chi connectivity index (χ1v) is 7.47. The second-order valence-electron chi connectivity index (χ2n) is 4.95. The molecule has 0 unspecified atom stereocenters. The Kier molecular flexibility index (Phi) is 7.64. The summed E-state index contributed by atoms with van der Waals surface area (Å²) >= 11 is 0. The number of hydrogen-bond donors (Lipinski definition) is 0. The molecule has 0 heterocycles. The largest absolute Gasteiger partial charge is 0.491 e. The molecule has 0 bridgehead atoms. The van der Waals surface area contributed by atoms with Crippen LogP contribution in [0.2, 0.25) is 0 Å². The minimum absolute atomic E-state index is 0.604. The molecule has 0 saturated heterocycles. The minimum Gasteiger partial charge on any atom is -0.491 e. The van der Waals surface area contributed by atoms with Crippen LogP contribution in [0.25, 0.3) is 0 Å². The lowest BCUT2D eigenvalue weighted by Gasteiger charge is -2.11. The van der Waals surface area contributed by atoms with Crippen molar-refractivity contribution in [3.05, 3.63) is 28.8 Å². The maximum atomic E-state index is 5.80. The van der Waals surface area contributed by atoms with Crippen molar-refractivity contribution in [1.82, 2.24) is 0 Å². The number of unbranched alkanes of at least 4 members (excludes halogenated alkanes) is 5. The van der Waals surface area contributed by atoms with Gasteiger partial charge in [-0.25, -0.2) is 0 Å². The second kappa shape index (κ2) is 9.58. The Labute approximate surface area is 129 Å². The molecule has 1 nitrogen and oxygen atoms in total. The SMILES string of the molecule is C#Cc1cc(C#C)c(OCCCCCCCC)c(C#C)c1. The quantitative estimate of drug-likeness (QED) is 0.507. The molecular formula is C20H22O. The molecule has 0 aliphatic rings. The number of benzene rings is 1. The van der Waals surface area contributed by atoms with Crippen LogP contribution in [-0.2, 0) is 0 Å². The van der Waals surface area contributed by atoms with Crippen LogP contribution >= 0.6 is 0 Å². The van der Waals surface area contributed by atoms with E-state index in [4.69, 9.17) is 24.0 Å².